The third kappa shape index (κ3) is 7.53. The molecular weight excluding hydrogens is 428 g/mol. The molecule has 0 unspecified atom stereocenters. The number of hydrogen-bond donors (Lipinski definition) is 4. The Balaban J connectivity index is 1.80. The first-order chi connectivity index (χ1) is 14.6. The molecule has 0 aliphatic carbocycles. The molecule has 0 heterocycles. The highest BCUT2D eigenvalue weighted by Crippen LogP contribution is 2.14. The Morgan fingerprint density at radius 1 is 0.903 bits per heavy atom. The largest absolute Gasteiger partial charge is 0.455 e. The minimum atomic E-state index is -4.00. The molecule has 3 amide bonds. The second-order valence-corrected chi connectivity index (χ2v) is 7.95. The van der Waals surface area contributed by atoms with Crippen LogP contribution in [0.1, 0.15) is 17.3 Å². The van der Waals surface area contributed by atoms with Crippen molar-refractivity contribution in [3.05, 3.63) is 54.1 Å². The number of esters is 1. The molecule has 0 aliphatic heterocycles. The van der Waals surface area contributed by atoms with E-state index in [0.717, 1.165) is 0 Å². The zero-order valence-corrected chi connectivity index (χ0v) is 17.2. The Labute approximate surface area is 178 Å². The van der Waals surface area contributed by atoms with Gasteiger partial charge in [-0.15, -0.1) is 0 Å². The van der Waals surface area contributed by atoms with Gasteiger partial charge in [0.15, 0.2) is 6.61 Å². The van der Waals surface area contributed by atoms with Crippen LogP contribution in [0.3, 0.4) is 0 Å². The number of nitrogens with two attached hydrogens (primary N) is 1. The number of rotatable bonds is 9. The Bertz CT molecular complexity index is 1080. The number of sulfonamides is 1. The summed E-state index contributed by atoms with van der Waals surface area (Å²) >= 11 is 0. The summed E-state index contributed by atoms with van der Waals surface area (Å²) < 4.78 is 31.2. The van der Waals surface area contributed by atoms with E-state index < -0.39 is 41.0 Å². The van der Waals surface area contributed by atoms with Crippen molar-refractivity contribution in [1.29, 1.82) is 0 Å². The van der Waals surface area contributed by atoms with Crippen LogP contribution in [0.5, 0.6) is 0 Å². The molecule has 0 radical (unpaired) electrons. The molecule has 2 aromatic rings. The summed E-state index contributed by atoms with van der Waals surface area (Å²) in [6, 6.07) is 11.0. The third-order valence-electron chi connectivity index (χ3n) is 3.71. The summed E-state index contributed by atoms with van der Waals surface area (Å²) in [7, 11) is -4.00. The van der Waals surface area contributed by atoms with Gasteiger partial charge in [-0.1, -0.05) is 0 Å². The maximum atomic E-state index is 12.2. The standard InChI is InChI=1S/C19H20N4O7S/c1-12(24)22-14-6-8-16(9-7-14)31(28,29)21-10-18(26)30-11-17(25)23-15-4-2-13(3-5-15)19(20)27/h2-9,21H,10-11H2,1H3,(H2,20,27)(H,22,24)(H,23,25). The molecule has 2 rings (SSSR count). The summed E-state index contributed by atoms with van der Waals surface area (Å²) in [6.07, 6.45) is 0. The van der Waals surface area contributed by atoms with Crippen molar-refractivity contribution < 1.29 is 32.3 Å². The maximum Gasteiger partial charge on any atom is 0.321 e. The third-order valence-corrected chi connectivity index (χ3v) is 5.13. The predicted octanol–water partition coefficient (Wildman–Crippen LogP) is 0.204. The van der Waals surface area contributed by atoms with Crippen LogP contribution >= 0.6 is 0 Å². The SMILES string of the molecule is CC(=O)Nc1ccc(S(=O)(=O)NCC(=O)OCC(=O)Nc2ccc(C(N)=O)cc2)cc1. The van der Waals surface area contributed by atoms with E-state index in [-0.39, 0.29) is 16.4 Å². The van der Waals surface area contributed by atoms with Crippen molar-refractivity contribution in [1.82, 2.24) is 4.72 Å². The van der Waals surface area contributed by atoms with E-state index >= 15 is 0 Å². The minimum absolute atomic E-state index is 0.119. The Morgan fingerprint density at radius 3 is 2.00 bits per heavy atom. The van der Waals surface area contributed by atoms with E-state index in [2.05, 4.69) is 15.4 Å². The lowest BCUT2D eigenvalue weighted by Gasteiger charge is -2.09. The topological polar surface area (TPSA) is 174 Å². The van der Waals surface area contributed by atoms with Crippen LogP contribution in [0.2, 0.25) is 0 Å². The highest BCUT2D eigenvalue weighted by atomic mass is 32.2. The highest BCUT2D eigenvalue weighted by molar-refractivity contribution is 7.89. The number of nitrogens with one attached hydrogen (secondary N) is 3. The first-order valence-electron chi connectivity index (χ1n) is 8.79. The Morgan fingerprint density at radius 2 is 1.45 bits per heavy atom. The summed E-state index contributed by atoms with van der Waals surface area (Å²) in [5, 5.41) is 4.94. The smallest absolute Gasteiger partial charge is 0.321 e. The fourth-order valence-electron chi connectivity index (χ4n) is 2.27. The van der Waals surface area contributed by atoms with Gasteiger partial charge in [-0.25, -0.2) is 8.42 Å². The van der Waals surface area contributed by atoms with Crippen molar-refractivity contribution in [2.75, 3.05) is 23.8 Å². The Kier molecular flexibility index (Phi) is 7.82. The zero-order valence-electron chi connectivity index (χ0n) is 16.4. The second kappa shape index (κ2) is 10.3. The van der Waals surface area contributed by atoms with Gasteiger partial charge in [0.05, 0.1) is 4.90 Å². The van der Waals surface area contributed by atoms with Gasteiger partial charge in [0.1, 0.15) is 6.54 Å². The molecule has 0 bridgehead atoms. The van der Waals surface area contributed by atoms with Gasteiger partial charge >= 0.3 is 5.97 Å². The van der Waals surface area contributed by atoms with E-state index in [1.807, 2.05) is 0 Å². The number of carbonyl (C=O) groups excluding carboxylic acids is 4. The average Bonchev–Trinajstić information content (AvgIpc) is 2.71. The molecule has 0 saturated heterocycles. The molecule has 31 heavy (non-hydrogen) atoms. The number of carbonyl (C=O) groups is 4. The van der Waals surface area contributed by atoms with Crippen LogP contribution in [-0.2, 0) is 29.1 Å². The number of benzene rings is 2. The monoisotopic (exact) mass is 448 g/mol. The minimum Gasteiger partial charge on any atom is -0.455 e. The highest BCUT2D eigenvalue weighted by Gasteiger charge is 2.17. The van der Waals surface area contributed by atoms with E-state index in [0.29, 0.717) is 11.4 Å². The predicted molar refractivity (Wildman–Crippen MR) is 110 cm³/mol. The summed E-state index contributed by atoms with van der Waals surface area (Å²) in [4.78, 5) is 45.4. The fourth-order valence-corrected chi connectivity index (χ4v) is 3.24. The molecule has 0 saturated carbocycles. The van der Waals surface area contributed by atoms with Gasteiger partial charge in [0.25, 0.3) is 5.91 Å². The normalized spacial score (nSPS) is 10.7. The average molecular weight is 448 g/mol. The number of anilines is 2. The van der Waals surface area contributed by atoms with Gasteiger partial charge in [-0.3, -0.25) is 19.2 Å². The van der Waals surface area contributed by atoms with Crippen molar-refractivity contribution in [2.24, 2.45) is 5.73 Å². The quantitative estimate of drug-likeness (QED) is 0.396. The summed E-state index contributed by atoms with van der Waals surface area (Å²) in [5.41, 5.74) is 6.16. The van der Waals surface area contributed by atoms with Gasteiger partial charge in [0, 0.05) is 23.9 Å². The van der Waals surface area contributed by atoms with Crippen molar-refractivity contribution in [3.63, 3.8) is 0 Å². The second-order valence-electron chi connectivity index (χ2n) is 6.18. The molecule has 0 aliphatic rings. The first-order valence-corrected chi connectivity index (χ1v) is 10.3. The number of ether oxygens (including phenoxy) is 1. The molecule has 0 aromatic heterocycles. The lowest BCUT2D eigenvalue weighted by molar-refractivity contribution is -0.146. The van der Waals surface area contributed by atoms with Crippen LogP contribution < -0.4 is 21.1 Å². The van der Waals surface area contributed by atoms with Crippen molar-refractivity contribution in [2.45, 2.75) is 11.8 Å². The maximum absolute atomic E-state index is 12.2. The molecule has 0 spiro atoms. The van der Waals surface area contributed by atoms with E-state index in [1.165, 1.54) is 55.5 Å². The van der Waals surface area contributed by atoms with Crippen LogP contribution in [0, 0.1) is 0 Å². The van der Waals surface area contributed by atoms with Gasteiger partial charge in [0.2, 0.25) is 21.8 Å². The van der Waals surface area contributed by atoms with E-state index in [1.54, 1.807) is 0 Å². The van der Waals surface area contributed by atoms with Gasteiger partial charge in [-0.2, -0.15) is 4.72 Å². The van der Waals surface area contributed by atoms with Gasteiger partial charge < -0.3 is 21.1 Å². The van der Waals surface area contributed by atoms with Crippen LogP contribution in [-0.4, -0.2) is 45.3 Å². The lowest BCUT2D eigenvalue weighted by Crippen LogP contribution is -2.32. The molecular formula is C19H20N4O7S. The fraction of sp³-hybridized carbons (Fsp3) is 0.158. The molecule has 0 fully saturated rings. The summed E-state index contributed by atoms with van der Waals surface area (Å²) in [6.45, 7) is -0.00236. The van der Waals surface area contributed by atoms with Crippen LogP contribution in [0.15, 0.2) is 53.4 Å². The Hall–Kier alpha value is -3.77. The number of amides is 3. The van der Waals surface area contributed by atoms with E-state index in [4.69, 9.17) is 10.5 Å². The van der Waals surface area contributed by atoms with Crippen LogP contribution in [0.25, 0.3) is 0 Å². The molecule has 0 atom stereocenters. The number of primary amides is 1. The van der Waals surface area contributed by atoms with E-state index in [9.17, 15) is 27.6 Å². The first kappa shape index (κ1) is 23.5. The van der Waals surface area contributed by atoms with Crippen molar-refractivity contribution >= 4 is 45.1 Å². The summed E-state index contributed by atoms with van der Waals surface area (Å²) in [5.74, 6) is -2.53. The molecule has 5 N–H and O–H groups in total. The molecule has 2 aromatic carbocycles. The molecule has 12 heteroatoms. The zero-order chi connectivity index (χ0) is 23.0. The lowest BCUT2D eigenvalue weighted by atomic mass is 10.2. The van der Waals surface area contributed by atoms with Crippen LogP contribution in [0.4, 0.5) is 11.4 Å². The molecule has 11 nitrogen and oxygen atoms in total. The van der Waals surface area contributed by atoms with Gasteiger partial charge in [-0.05, 0) is 48.5 Å². The molecule has 164 valence electrons. The number of hydrogen-bond acceptors (Lipinski definition) is 7. The van der Waals surface area contributed by atoms with Crippen molar-refractivity contribution in [3.8, 4) is 0 Å².